The normalized spacial score (nSPS) is 12.9. The van der Waals surface area contributed by atoms with Crippen LogP contribution in [0.5, 0.6) is 5.75 Å². The van der Waals surface area contributed by atoms with Gasteiger partial charge >= 0.3 is 0 Å². The van der Waals surface area contributed by atoms with Gasteiger partial charge in [0, 0.05) is 11.1 Å². The summed E-state index contributed by atoms with van der Waals surface area (Å²) in [6.07, 6.45) is 5.75. The number of nitrogens with one attached hydrogen (secondary N) is 1. The second-order valence-corrected chi connectivity index (χ2v) is 7.94. The zero-order valence-electron chi connectivity index (χ0n) is 14.9. The molecule has 0 atom stereocenters. The van der Waals surface area contributed by atoms with Gasteiger partial charge in [0.15, 0.2) is 12.4 Å². The predicted molar refractivity (Wildman–Crippen MR) is 108 cm³/mol. The zero-order valence-corrected chi connectivity index (χ0v) is 16.5. The topological polar surface area (TPSA) is 79.9 Å². The van der Waals surface area contributed by atoms with Gasteiger partial charge in [0.1, 0.15) is 16.8 Å². The number of thiophene rings is 1. The van der Waals surface area contributed by atoms with Crippen LogP contribution >= 0.6 is 22.9 Å². The molecule has 1 aliphatic carbocycles. The number of nitriles is 1. The molecule has 1 N–H and O–H groups in total. The van der Waals surface area contributed by atoms with Gasteiger partial charge in [0.25, 0.3) is 5.91 Å². The van der Waals surface area contributed by atoms with E-state index >= 15 is 0 Å². The molecular formula is C20H17ClN4O2S. The van der Waals surface area contributed by atoms with Gasteiger partial charge < -0.3 is 10.1 Å². The fourth-order valence-electron chi connectivity index (χ4n) is 3.19. The fourth-order valence-corrected chi connectivity index (χ4v) is 4.62. The summed E-state index contributed by atoms with van der Waals surface area (Å²) in [7, 11) is 0. The molecule has 28 heavy (non-hydrogen) atoms. The van der Waals surface area contributed by atoms with Crippen molar-refractivity contribution >= 4 is 33.8 Å². The molecule has 2 aromatic heterocycles. The molecule has 0 spiro atoms. The number of ether oxygens (including phenoxy) is 1. The summed E-state index contributed by atoms with van der Waals surface area (Å²) in [6.45, 7) is 0.133. The Hall–Kier alpha value is -2.82. The first-order valence-electron chi connectivity index (χ1n) is 8.92. The molecule has 0 aliphatic heterocycles. The minimum atomic E-state index is -0.341. The van der Waals surface area contributed by atoms with E-state index in [2.05, 4.69) is 16.5 Å². The summed E-state index contributed by atoms with van der Waals surface area (Å²) in [6, 6.07) is 11.0. The predicted octanol–water partition coefficient (Wildman–Crippen LogP) is 4.64. The number of anilines is 1. The minimum absolute atomic E-state index is 0.133. The summed E-state index contributed by atoms with van der Waals surface area (Å²) in [4.78, 5) is 13.8. The number of amides is 1. The number of halogens is 1. The summed E-state index contributed by atoms with van der Waals surface area (Å²) in [5.41, 5.74) is 1.94. The maximum atomic E-state index is 12.6. The van der Waals surface area contributed by atoms with E-state index < -0.39 is 0 Å². The Morgan fingerprint density at radius 3 is 2.96 bits per heavy atom. The molecule has 0 fully saturated rings. The van der Waals surface area contributed by atoms with Gasteiger partial charge in [-0.1, -0.05) is 23.7 Å². The number of benzene rings is 1. The smallest absolute Gasteiger partial charge is 0.276 e. The highest BCUT2D eigenvalue weighted by Crippen LogP contribution is 2.37. The van der Waals surface area contributed by atoms with Crippen molar-refractivity contribution in [3.05, 3.63) is 63.2 Å². The Bertz CT molecular complexity index is 1070. The van der Waals surface area contributed by atoms with Gasteiger partial charge in [-0.05, 0) is 49.4 Å². The van der Waals surface area contributed by atoms with Gasteiger partial charge in [0.2, 0.25) is 0 Å². The highest BCUT2D eigenvalue weighted by Gasteiger charge is 2.22. The molecular weight excluding hydrogens is 396 g/mol. The van der Waals surface area contributed by atoms with Crippen LogP contribution in [0.2, 0.25) is 5.02 Å². The number of hydrogen-bond acceptors (Lipinski definition) is 5. The molecule has 6 nitrogen and oxygen atoms in total. The minimum Gasteiger partial charge on any atom is -0.470 e. The van der Waals surface area contributed by atoms with Crippen LogP contribution in [0.1, 0.15) is 39.3 Å². The number of carbonyl (C=O) groups is 1. The van der Waals surface area contributed by atoms with Crippen molar-refractivity contribution in [1.29, 1.82) is 5.26 Å². The van der Waals surface area contributed by atoms with E-state index in [0.717, 1.165) is 31.2 Å². The van der Waals surface area contributed by atoms with Crippen molar-refractivity contribution in [3.8, 4) is 11.8 Å². The quantitative estimate of drug-likeness (QED) is 0.662. The molecule has 2 heterocycles. The standard InChI is InChI=1S/C20H17ClN4O2S/c21-15-6-2-3-7-17(15)27-12-25-10-9-16(24-25)19(26)23-20-14(11-22)13-5-1-4-8-18(13)28-20/h2-3,6-7,9-10H,1,4-5,8,12H2,(H,23,26). The number of aryl methyl sites for hydroxylation is 1. The number of para-hydroxylation sites is 1. The lowest BCUT2D eigenvalue weighted by Gasteiger charge is -2.09. The van der Waals surface area contributed by atoms with Gasteiger partial charge in [-0.25, -0.2) is 4.68 Å². The molecule has 8 heteroatoms. The summed E-state index contributed by atoms with van der Waals surface area (Å²) >= 11 is 7.56. The maximum Gasteiger partial charge on any atom is 0.276 e. The third-order valence-electron chi connectivity index (χ3n) is 4.57. The van der Waals surface area contributed by atoms with Gasteiger partial charge in [-0.3, -0.25) is 4.79 Å². The lowest BCUT2D eigenvalue weighted by Crippen LogP contribution is -2.14. The number of rotatable bonds is 5. The van der Waals surface area contributed by atoms with Gasteiger partial charge in [-0.15, -0.1) is 11.3 Å². The zero-order chi connectivity index (χ0) is 19.5. The van der Waals surface area contributed by atoms with E-state index in [4.69, 9.17) is 16.3 Å². The van der Waals surface area contributed by atoms with Crippen LogP contribution in [0.4, 0.5) is 5.00 Å². The van der Waals surface area contributed by atoms with E-state index in [1.54, 1.807) is 24.4 Å². The molecule has 0 unspecified atom stereocenters. The Balaban J connectivity index is 1.45. The number of aromatic nitrogens is 2. The van der Waals surface area contributed by atoms with Gasteiger partial charge in [0.05, 0.1) is 10.6 Å². The third-order valence-corrected chi connectivity index (χ3v) is 6.09. The van der Waals surface area contributed by atoms with Crippen molar-refractivity contribution in [1.82, 2.24) is 9.78 Å². The lowest BCUT2D eigenvalue weighted by atomic mass is 9.96. The van der Waals surface area contributed by atoms with Crippen molar-refractivity contribution in [2.24, 2.45) is 0 Å². The molecule has 0 saturated carbocycles. The van der Waals surface area contributed by atoms with Crippen LogP contribution in [0.15, 0.2) is 36.5 Å². The third kappa shape index (κ3) is 3.75. The molecule has 4 rings (SSSR count). The largest absolute Gasteiger partial charge is 0.470 e. The van der Waals surface area contributed by atoms with Crippen LogP contribution in [0.25, 0.3) is 0 Å². The lowest BCUT2D eigenvalue weighted by molar-refractivity contribution is 0.102. The molecule has 3 aromatic rings. The van der Waals surface area contributed by atoms with E-state index in [1.165, 1.54) is 20.9 Å². The average Bonchev–Trinajstić information content (AvgIpc) is 3.31. The second-order valence-electron chi connectivity index (χ2n) is 6.43. The van der Waals surface area contributed by atoms with Crippen LogP contribution in [-0.2, 0) is 19.6 Å². The number of hydrogen-bond donors (Lipinski definition) is 1. The van der Waals surface area contributed by atoms with Crippen molar-refractivity contribution in [3.63, 3.8) is 0 Å². The van der Waals surface area contributed by atoms with Gasteiger partial charge in [-0.2, -0.15) is 10.4 Å². The van der Waals surface area contributed by atoms with Crippen LogP contribution < -0.4 is 10.1 Å². The molecule has 1 aliphatic rings. The number of fused-ring (bicyclic) bond motifs is 1. The van der Waals surface area contributed by atoms with Crippen molar-refractivity contribution in [2.75, 3.05) is 5.32 Å². The first kappa shape index (κ1) is 18.5. The Morgan fingerprint density at radius 2 is 2.14 bits per heavy atom. The Kier molecular flexibility index (Phi) is 5.33. The van der Waals surface area contributed by atoms with E-state index in [0.29, 0.717) is 21.3 Å². The van der Waals surface area contributed by atoms with Crippen molar-refractivity contribution in [2.45, 2.75) is 32.4 Å². The Labute approximate surface area is 171 Å². The van der Waals surface area contributed by atoms with Crippen LogP contribution in [0, 0.1) is 11.3 Å². The van der Waals surface area contributed by atoms with Crippen LogP contribution in [-0.4, -0.2) is 15.7 Å². The molecule has 142 valence electrons. The average molecular weight is 413 g/mol. The summed E-state index contributed by atoms with van der Waals surface area (Å²) < 4.78 is 7.14. The molecule has 1 amide bonds. The highest BCUT2D eigenvalue weighted by atomic mass is 35.5. The van der Waals surface area contributed by atoms with E-state index in [9.17, 15) is 10.1 Å². The number of nitrogens with zero attached hydrogens (tertiary/aromatic N) is 3. The first-order chi connectivity index (χ1) is 13.7. The molecule has 1 aromatic carbocycles. The molecule has 0 bridgehead atoms. The maximum absolute atomic E-state index is 12.6. The van der Waals surface area contributed by atoms with E-state index in [-0.39, 0.29) is 18.3 Å². The summed E-state index contributed by atoms with van der Waals surface area (Å²) in [5, 5.41) is 17.7. The fraction of sp³-hybridized carbons (Fsp3) is 0.250. The second kappa shape index (κ2) is 8.05. The number of carbonyl (C=O) groups excluding carboxylic acids is 1. The Morgan fingerprint density at radius 1 is 1.32 bits per heavy atom. The summed E-state index contributed by atoms with van der Waals surface area (Å²) in [5.74, 6) is 0.208. The van der Waals surface area contributed by atoms with E-state index in [1.807, 2.05) is 12.1 Å². The highest BCUT2D eigenvalue weighted by molar-refractivity contribution is 7.16. The van der Waals surface area contributed by atoms with Crippen molar-refractivity contribution < 1.29 is 9.53 Å². The monoisotopic (exact) mass is 412 g/mol. The first-order valence-corrected chi connectivity index (χ1v) is 10.1. The molecule has 0 saturated heterocycles. The molecule has 0 radical (unpaired) electrons. The SMILES string of the molecule is N#Cc1c(NC(=O)c2ccn(COc3ccccc3Cl)n2)sc2c1CCCC2. The van der Waals surface area contributed by atoms with Crippen LogP contribution in [0.3, 0.4) is 0 Å².